The number of benzene rings is 1. The van der Waals surface area contributed by atoms with Crippen molar-refractivity contribution < 1.29 is 4.12 Å². The molecule has 208 valence electrons. The number of hydrogen-bond acceptors (Lipinski definition) is 1. The van der Waals surface area contributed by atoms with Gasteiger partial charge in [0.15, 0.2) is 9.04 Å². The second kappa shape index (κ2) is 20.0. The molecule has 0 unspecified atom stereocenters. The predicted molar refractivity (Wildman–Crippen MR) is 176 cm³/mol. The first-order valence-electron chi connectivity index (χ1n) is 15.7. The van der Waals surface area contributed by atoms with E-state index in [1.54, 1.807) is 10.4 Å². The first kappa shape index (κ1) is 34.1. The van der Waals surface area contributed by atoms with Gasteiger partial charge in [-0.05, 0) is 19.1 Å². The molecule has 0 amide bonds. The summed E-state index contributed by atoms with van der Waals surface area (Å²) in [5.74, 6) is 0. The summed E-state index contributed by atoms with van der Waals surface area (Å²) in [6, 6.07) is 14.3. The Bertz CT molecular complexity index is 642. The number of unbranched alkanes of at least 4 members (excludes halogenated alkanes) is 13. The Kier molecular flexibility index (Phi) is 19.0. The van der Waals surface area contributed by atoms with Crippen LogP contribution in [0.5, 0.6) is 0 Å². The van der Waals surface area contributed by atoms with Crippen LogP contribution in [0.4, 0.5) is 0 Å². The van der Waals surface area contributed by atoms with Crippen molar-refractivity contribution >= 4 is 45.3 Å². The second-order valence-corrected chi connectivity index (χ2v) is 26.4. The quantitative estimate of drug-likeness (QED) is 0.0953. The summed E-state index contributed by atoms with van der Waals surface area (Å²) in [6.45, 7) is 17.2. The average molecular weight is 563 g/mol. The smallest absolute Gasteiger partial charge is 0.214 e. The van der Waals surface area contributed by atoms with Crippen LogP contribution in [0.1, 0.15) is 103 Å². The van der Waals surface area contributed by atoms with Crippen molar-refractivity contribution in [1.82, 2.24) is 0 Å². The van der Waals surface area contributed by atoms with Gasteiger partial charge >= 0.3 is 0 Å². The summed E-state index contributed by atoms with van der Waals surface area (Å²) in [4.78, 5) is 0. The third-order valence-electron chi connectivity index (χ3n) is 8.00. The van der Waals surface area contributed by atoms with E-state index < -0.39 is 25.2 Å². The minimum Gasteiger partial charge on any atom is -0.459 e. The van der Waals surface area contributed by atoms with E-state index in [9.17, 15) is 0 Å². The third kappa shape index (κ3) is 16.1. The van der Waals surface area contributed by atoms with Gasteiger partial charge in [-0.15, -0.1) is 0 Å². The zero-order chi connectivity index (χ0) is 26.7. The SMILES string of the molecule is CCCCCCCCCCC[Si](C)(C)c1ccc([Si](C)(C)CCCCCCCC[Si]O[SiH](C)C)cc1. The van der Waals surface area contributed by atoms with Crippen LogP contribution < -0.4 is 10.4 Å². The Morgan fingerprint density at radius 2 is 0.944 bits per heavy atom. The molecule has 0 saturated carbocycles. The summed E-state index contributed by atoms with van der Waals surface area (Å²) < 4.78 is 5.81. The van der Waals surface area contributed by atoms with Crippen LogP contribution >= 0.6 is 0 Å². The van der Waals surface area contributed by atoms with Gasteiger partial charge in [-0.3, -0.25) is 0 Å². The van der Waals surface area contributed by atoms with E-state index >= 15 is 0 Å². The predicted octanol–water partition coefficient (Wildman–Crippen LogP) is 9.43. The standard InChI is InChI=1S/C31H62OSi4/c1-8-9-10-11-12-13-15-18-21-28-35(4,5)30-23-25-31(26-24-30)36(6,7)29-22-19-16-14-17-20-27-33-32-34(2)3/h23-26,34H,8-22,27-29H2,1-7H3. The van der Waals surface area contributed by atoms with Gasteiger partial charge in [0.25, 0.3) is 0 Å². The summed E-state index contributed by atoms with van der Waals surface area (Å²) in [6.07, 6.45) is 21.4. The van der Waals surface area contributed by atoms with Crippen molar-refractivity contribution in [1.29, 1.82) is 0 Å². The summed E-state index contributed by atoms with van der Waals surface area (Å²) in [5.41, 5.74) is 0. The van der Waals surface area contributed by atoms with Gasteiger partial charge in [-0.25, -0.2) is 0 Å². The van der Waals surface area contributed by atoms with Gasteiger partial charge in [0, 0.05) is 0 Å². The fourth-order valence-corrected chi connectivity index (χ4v) is 12.4. The molecule has 0 atom stereocenters. The first-order valence-corrected chi connectivity index (χ1v) is 26.0. The monoisotopic (exact) mass is 562 g/mol. The van der Waals surface area contributed by atoms with Gasteiger partial charge in [-0.2, -0.15) is 0 Å². The van der Waals surface area contributed by atoms with Crippen molar-refractivity contribution in [3.8, 4) is 0 Å². The van der Waals surface area contributed by atoms with E-state index in [4.69, 9.17) is 4.12 Å². The van der Waals surface area contributed by atoms with E-state index in [-0.39, 0.29) is 0 Å². The van der Waals surface area contributed by atoms with Gasteiger partial charge in [0.05, 0.1) is 16.1 Å². The van der Waals surface area contributed by atoms with E-state index in [0.717, 1.165) is 9.76 Å². The molecular formula is C31H62OSi4. The molecule has 1 aromatic rings. The molecule has 0 saturated heterocycles. The molecule has 0 aliphatic heterocycles. The maximum Gasteiger partial charge on any atom is 0.214 e. The Hall–Kier alpha value is 0.0475. The fourth-order valence-electron chi connectivity index (χ4n) is 5.24. The molecule has 36 heavy (non-hydrogen) atoms. The first-order chi connectivity index (χ1) is 17.2. The van der Waals surface area contributed by atoms with E-state index in [1.807, 2.05) is 0 Å². The molecule has 0 bridgehead atoms. The van der Waals surface area contributed by atoms with Crippen molar-refractivity contribution in [3.05, 3.63) is 24.3 Å². The maximum atomic E-state index is 5.81. The zero-order valence-electron chi connectivity index (χ0n) is 25.5. The molecule has 0 spiro atoms. The maximum absolute atomic E-state index is 5.81. The van der Waals surface area contributed by atoms with Crippen LogP contribution in [0.3, 0.4) is 0 Å². The molecule has 0 heterocycles. The van der Waals surface area contributed by atoms with Crippen LogP contribution in [0.2, 0.25) is 57.4 Å². The molecule has 0 aliphatic carbocycles. The second-order valence-electron chi connectivity index (χ2n) is 12.9. The molecule has 5 heteroatoms. The topological polar surface area (TPSA) is 9.23 Å². The highest BCUT2D eigenvalue weighted by Crippen LogP contribution is 2.19. The lowest BCUT2D eigenvalue weighted by molar-refractivity contribution is 0.571. The third-order valence-corrected chi connectivity index (χ3v) is 18.1. The highest BCUT2D eigenvalue weighted by atomic mass is 28.3. The Morgan fingerprint density at radius 1 is 0.583 bits per heavy atom. The van der Waals surface area contributed by atoms with Gasteiger partial charge in [0.1, 0.15) is 0 Å². The molecular weight excluding hydrogens is 501 g/mol. The lowest BCUT2D eigenvalue weighted by atomic mass is 10.1. The number of hydrogen-bond donors (Lipinski definition) is 0. The molecule has 0 fully saturated rings. The van der Waals surface area contributed by atoms with Crippen molar-refractivity contribution in [2.45, 2.75) is 161 Å². The zero-order valence-corrected chi connectivity index (χ0v) is 29.7. The molecule has 1 nitrogen and oxygen atoms in total. The van der Waals surface area contributed by atoms with Crippen LogP contribution in [0.25, 0.3) is 0 Å². The Balaban J connectivity index is 2.25. The highest BCUT2D eigenvalue weighted by Gasteiger charge is 2.26. The van der Waals surface area contributed by atoms with Crippen molar-refractivity contribution in [3.63, 3.8) is 0 Å². The fraction of sp³-hybridized carbons (Fsp3) is 0.806. The average Bonchev–Trinajstić information content (AvgIpc) is 2.84. The molecule has 0 aliphatic rings. The van der Waals surface area contributed by atoms with Crippen LogP contribution in [0, 0.1) is 0 Å². The number of rotatable bonds is 23. The molecule has 2 radical (unpaired) electrons. The Labute approximate surface area is 233 Å². The lowest BCUT2D eigenvalue weighted by Crippen LogP contribution is -2.45. The summed E-state index contributed by atoms with van der Waals surface area (Å²) in [7, 11) is -2.63. The van der Waals surface area contributed by atoms with Crippen molar-refractivity contribution in [2.24, 2.45) is 0 Å². The summed E-state index contributed by atoms with van der Waals surface area (Å²) >= 11 is 0. The van der Waals surface area contributed by atoms with Crippen LogP contribution in [-0.2, 0) is 4.12 Å². The van der Waals surface area contributed by atoms with E-state index in [2.05, 4.69) is 70.5 Å². The molecule has 1 rings (SSSR count). The molecule has 0 aromatic heterocycles. The van der Waals surface area contributed by atoms with Crippen LogP contribution in [0.15, 0.2) is 24.3 Å². The van der Waals surface area contributed by atoms with Gasteiger partial charge < -0.3 is 4.12 Å². The normalized spacial score (nSPS) is 12.6. The van der Waals surface area contributed by atoms with Gasteiger partial charge in [-0.1, -0.05) is 176 Å². The largest absolute Gasteiger partial charge is 0.459 e. The summed E-state index contributed by atoms with van der Waals surface area (Å²) in [5, 5.41) is 3.35. The minimum absolute atomic E-state index is 0.765. The Morgan fingerprint density at radius 3 is 1.33 bits per heavy atom. The molecule has 1 aromatic carbocycles. The lowest BCUT2D eigenvalue weighted by Gasteiger charge is -2.26. The molecule has 0 N–H and O–H groups in total. The van der Waals surface area contributed by atoms with Gasteiger partial charge in [0.2, 0.25) is 9.76 Å². The van der Waals surface area contributed by atoms with Crippen molar-refractivity contribution in [2.75, 3.05) is 0 Å². The van der Waals surface area contributed by atoms with E-state index in [0.29, 0.717) is 0 Å². The van der Waals surface area contributed by atoms with E-state index in [1.165, 1.54) is 114 Å². The van der Waals surface area contributed by atoms with Crippen LogP contribution in [-0.4, -0.2) is 35.0 Å². The highest BCUT2D eigenvalue weighted by molar-refractivity contribution is 6.91. The minimum atomic E-state index is -1.31.